The van der Waals surface area contributed by atoms with Gasteiger partial charge >= 0.3 is 12.2 Å². The lowest BCUT2D eigenvalue weighted by molar-refractivity contribution is -0.206. The predicted octanol–water partition coefficient (Wildman–Crippen LogP) is 3.27. The van der Waals surface area contributed by atoms with Crippen LogP contribution in [0.2, 0.25) is 0 Å². The van der Waals surface area contributed by atoms with Crippen LogP contribution in [0.3, 0.4) is 0 Å². The molecule has 0 aromatic heterocycles. The molecule has 4 unspecified atom stereocenters. The van der Waals surface area contributed by atoms with Crippen molar-refractivity contribution in [1.82, 2.24) is 10.6 Å². The van der Waals surface area contributed by atoms with Crippen molar-refractivity contribution in [3.05, 3.63) is 71.8 Å². The van der Waals surface area contributed by atoms with Gasteiger partial charge in [0.15, 0.2) is 11.6 Å². The van der Waals surface area contributed by atoms with Crippen molar-refractivity contribution >= 4 is 12.2 Å². The summed E-state index contributed by atoms with van der Waals surface area (Å²) in [5.41, 5.74) is 1.71. The summed E-state index contributed by atoms with van der Waals surface area (Å²) < 4.78 is 46.0. The fraction of sp³-hybridized carbons (Fsp3) is 0.576. The average Bonchev–Trinajstić information content (AvgIpc) is 3.27. The molecule has 0 saturated carbocycles. The Morgan fingerprint density at radius 3 is 1.46 bits per heavy atom. The molecule has 3 N–H and O–H groups in total. The van der Waals surface area contributed by atoms with Crippen molar-refractivity contribution in [1.29, 1.82) is 0 Å². The first-order chi connectivity index (χ1) is 22.0. The molecule has 4 rings (SSSR count). The number of benzene rings is 2. The normalized spacial score (nSPS) is 24.9. The van der Waals surface area contributed by atoms with Crippen LogP contribution in [0.1, 0.15) is 38.8 Å². The van der Waals surface area contributed by atoms with Gasteiger partial charge in [-0.3, -0.25) is 0 Å². The summed E-state index contributed by atoms with van der Waals surface area (Å²) in [4.78, 5) is 25.2. The van der Waals surface area contributed by atoms with Gasteiger partial charge in [0.1, 0.15) is 31.5 Å². The molecule has 2 saturated heterocycles. The van der Waals surface area contributed by atoms with Crippen LogP contribution in [0.5, 0.6) is 0 Å². The molecular weight excluding hydrogens is 600 g/mol. The maximum atomic E-state index is 12.6. The highest BCUT2D eigenvalue weighted by Gasteiger charge is 2.36. The minimum absolute atomic E-state index is 0.101. The first-order valence-corrected chi connectivity index (χ1v) is 15.4. The van der Waals surface area contributed by atoms with E-state index in [0.717, 1.165) is 11.1 Å². The molecule has 4 atom stereocenters. The van der Waals surface area contributed by atoms with Crippen molar-refractivity contribution < 1.29 is 52.6 Å². The molecule has 2 fully saturated rings. The first kappa shape index (κ1) is 35.6. The van der Waals surface area contributed by atoms with Gasteiger partial charge in [0.05, 0.1) is 51.7 Å². The molecule has 2 aliphatic heterocycles. The van der Waals surface area contributed by atoms with Gasteiger partial charge in [-0.15, -0.1) is 0 Å². The minimum atomic E-state index is -1.05. The van der Waals surface area contributed by atoms with Crippen LogP contribution in [0.4, 0.5) is 9.59 Å². The Hall–Kier alpha value is -3.30. The number of rotatable bonds is 12. The molecule has 2 aromatic rings. The number of carbonyl (C=O) groups excluding carboxylic acids is 2. The number of hydrogen-bond acceptors (Lipinski definition) is 11. The van der Waals surface area contributed by atoms with Gasteiger partial charge in [0.2, 0.25) is 0 Å². The van der Waals surface area contributed by atoms with E-state index in [9.17, 15) is 14.7 Å². The number of nitrogens with one attached hydrogen (secondary N) is 2. The zero-order valence-electron chi connectivity index (χ0n) is 26.8. The lowest BCUT2D eigenvalue weighted by Gasteiger charge is -2.27. The molecule has 2 aliphatic rings. The molecule has 0 spiro atoms. The second kappa shape index (κ2) is 17.0. The summed E-state index contributed by atoms with van der Waals surface area (Å²) in [7, 11) is 0. The minimum Gasteiger partial charge on any atom is -0.445 e. The topological polar surface area (TPSA) is 152 Å². The Kier molecular flexibility index (Phi) is 13.2. The Morgan fingerprint density at radius 1 is 0.696 bits per heavy atom. The highest BCUT2D eigenvalue weighted by atomic mass is 16.7. The van der Waals surface area contributed by atoms with Gasteiger partial charge in [0, 0.05) is 0 Å². The van der Waals surface area contributed by atoms with Crippen LogP contribution in [-0.4, -0.2) is 98.9 Å². The lowest BCUT2D eigenvalue weighted by Crippen LogP contribution is -2.50. The Bertz CT molecular complexity index is 1120. The van der Waals surface area contributed by atoms with Crippen molar-refractivity contribution in [3.63, 3.8) is 0 Å². The van der Waals surface area contributed by atoms with Crippen molar-refractivity contribution in [2.24, 2.45) is 0 Å². The number of aliphatic hydroxyl groups is 1. The van der Waals surface area contributed by atoms with E-state index >= 15 is 0 Å². The quantitative estimate of drug-likeness (QED) is 0.312. The van der Waals surface area contributed by atoms with Crippen LogP contribution < -0.4 is 10.6 Å². The molecule has 0 bridgehead atoms. The maximum absolute atomic E-state index is 12.6. The molecule has 13 nitrogen and oxygen atoms in total. The predicted molar refractivity (Wildman–Crippen MR) is 165 cm³/mol. The summed E-state index contributed by atoms with van der Waals surface area (Å²) in [6.45, 7) is 7.45. The highest BCUT2D eigenvalue weighted by molar-refractivity contribution is 5.68. The number of alkyl carbamates (subject to hydrolysis) is 2. The van der Waals surface area contributed by atoms with Gasteiger partial charge in [-0.1, -0.05) is 60.7 Å². The monoisotopic (exact) mass is 646 g/mol. The van der Waals surface area contributed by atoms with Gasteiger partial charge < -0.3 is 53.6 Å². The zero-order valence-corrected chi connectivity index (χ0v) is 26.8. The van der Waals surface area contributed by atoms with Crippen LogP contribution in [0, 0.1) is 0 Å². The van der Waals surface area contributed by atoms with Gasteiger partial charge in [-0.2, -0.15) is 0 Å². The van der Waals surface area contributed by atoms with E-state index in [0.29, 0.717) is 0 Å². The van der Waals surface area contributed by atoms with Crippen LogP contribution in [0.15, 0.2) is 60.7 Å². The number of aliphatic hydroxyl groups excluding tert-OH is 1. The number of ether oxygens (including phenoxy) is 8. The Morgan fingerprint density at radius 2 is 1.07 bits per heavy atom. The van der Waals surface area contributed by atoms with Crippen molar-refractivity contribution in [2.75, 3.05) is 39.6 Å². The van der Waals surface area contributed by atoms with E-state index in [-0.39, 0.29) is 52.9 Å². The van der Waals surface area contributed by atoms with Crippen molar-refractivity contribution in [2.45, 2.75) is 82.9 Å². The largest absolute Gasteiger partial charge is 0.445 e. The van der Waals surface area contributed by atoms with Crippen LogP contribution >= 0.6 is 0 Å². The highest BCUT2D eigenvalue weighted by Crippen LogP contribution is 2.21. The van der Waals surface area contributed by atoms with Crippen molar-refractivity contribution in [3.8, 4) is 0 Å². The third-order valence-corrected chi connectivity index (χ3v) is 7.35. The summed E-state index contributed by atoms with van der Waals surface area (Å²) >= 11 is 0. The third kappa shape index (κ3) is 12.1. The van der Waals surface area contributed by atoms with Gasteiger partial charge in [-0.25, -0.2) is 9.59 Å². The molecule has 13 heteroatoms. The number of carbonyl (C=O) groups is 2. The number of amides is 2. The van der Waals surface area contributed by atoms with E-state index < -0.39 is 54.2 Å². The molecule has 2 amide bonds. The Balaban J connectivity index is 1.28. The Labute approximate surface area is 269 Å². The third-order valence-electron chi connectivity index (χ3n) is 7.35. The standard InChI is InChI=1S/C33H46N2O11/c1-32(2)43-19-26(34-30(37)41-15-23-11-7-5-8-12-23)28(21-45-32)39-17-25(36)18-40-29-22-46-33(3,4)44-20-27(29)35-31(38)42-16-24-13-9-6-10-14-24/h5-14,25-29,36H,15-22H2,1-4H3,(H,34,37)(H,35,38). The summed E-state index contributed by atoms with van der Waals surface area (Å²) in [5.74, 6) is -1.79. The summed E-state index contributed by atoms with van der Waals surface area (Å²) in [6.07, 6.45) is -3.61. The second-order valence-electron chi connectivity index (χ2n) is 12.1. The fourth-order valence-corrected chi connectivity index (χ4v) is 4.62. The van der Waals surface area contributed by atoms with Crippen LogP contribution in [0.25, 0.3) is 0 Å². The average molecular weight is 647 g/mol. The molecule has 46 heavy (non-hydrogen) atoms. The molecule has 254 valence electrons. The molecule has 2 heterocycles. The molecule has 0 radical (unpaired) electrons. The zero-order chi connectivity index (χ0) is 33.0. The first-order valence-electron chi connectivity index (χ1n) is 15.4. The van der Waals surface area contributed by atoms with Gasteiger partial charge in [-0.05, 0) is 38.8 Å². The fourth-order valence-electron chi connectivity index (χ4n) is 4.62. The second-order valence-corrected chi connectivity index (χ2v) is 12.1. The molecule has 2 aromatic carbocycles. The SMILES string of the molecule is CC1(C)OCC(NC(=O)OCc2ccccc2)C(OCC(O)COC2COC(C)(C)OCC2NC(=O)OCc2ccccc2)CO1. The smallest absolute Gasteiger partial charge is 0.407 e. The van der Waals surface area contributed by atoms with Gasteiger partial charge in [0.25, 0.3) is 0 Å². The van der Waals surface area contributed by atoms with E-state index in [1.54, 1.807) is 27.7 Å². The summed E-state index contributed by atoms with van der Waals surface area (Å²) in [6, 6.07) is 17.4. The maximum Gasteiger partial charge on any atom is 0.407 e. The molecule has 0 aliphatic carbocycles. The lowest BCUT2D eigenvalue weighted by atomic mass is 10.1. The van der Waals surface area contributed by atoms with Crippen LogP contribution in [-0.2, 0) is 51.1 Å². The number of hydrogen-bond donors (Lipinski definition) is 3. The van der Waals surface area contributed by atoms with E-state index in [1.165, 1.54) is 0 Å². The molecular formula is C33H46N2O11. The summed E-state index contributed by atoms with van der Waals surface area (Å²) in [5, 5.41) is 16.4. The van der Waals surface area contributed by atoms with E-state index in [1.807, 2.05) is 60.7 Å². The van der Waals surface area contributed by atoms with E-state index in [4.69, 9.17) is 37.9 Å². The van der Waals surface area contributed by atoms with E-state index in [2.05, 4.69) is 10.6 Å².